The molecule has 1 aromatic heterocycles. The highest BCUT2D eigenvalue weighted by molar-refractivity contribution is 5.59. The molecule has 1 saturated heterocycles. The molecule has 3 aromatic rings. The Hall–Kier alpha value is -2.70. The van der Waals surface area contributed by atoms with E-state index in [1.165, 1.54) is 5.69 Å². The second-order valence-corrected chi connectivity index (χ2v) is 6.13. The van der Waals surface area contributed by atoms with Gasteiger partial charge in [-0.25, -0.2) is 0 Å². The molecule has 2 aromatic carbocycles. The van der Waals surface area contributed by atoms with Crippen molar-refractivity contribution in [3.8, 4) is 11.5 Å². The van der Waals surface area contributed by atoms with E-state index in [9.17, 15) is 0 Å². The van der Waals surface area contributed by atoms with Crippen LogP contribution in [0.15, 0.2) is 59.0 Å². The Morgan fingerprint density at radius 2 is 1.65 bits per heavy atom. The zero-order valence-corrected chi connectivity index (χ0v) is 14.5. The molecule has 1 aliphatic rings. The lowest BCUT2D eigenvalue weighted by molar-refractivity contribution is 0.0898. The van der Waals surface area contributed by atoms with Gasteiger partial charge in [-0.15, -0.1) is 10.2 Å². The maximum absolute atomic E-state index is 5.71. The summed E-state index contributed by atoms with van der Waals surface area (Å²) in [4.78, 5) is 2.31. The van der Waals surface area contributed by atoms with Crippen molar-refractivity contribution in [1.29, 1.82) is 0 Å². The number of ether oxygens (including phenoxy) is 2. The first-order valence-corrected chi connectivity index (χ1v) is 8.76. The summed E-state index contributed by atoms with van der Waals surface area (Å²) >= 11 is 0. The van der Waals surface area contributed by atoms with Gasteiger partial charge in [0.1, 0.15) is 6.61 Å². The third-order valence-corrected chi connectivity index (χ3v) is 4.29. The van der Waals surface area contributed by atoms with Gasteiger partial charge in [0.2, 0.25) is 11.8 Å². The molecule has 0 saturated carbocycles. The molecular formula is C20H21N3O3. The van der Waals surface area contributed by atoms with E-state index in [1.807, 2.05) is 42.5 Å². The Balaban J connectivity index is 1.35. The van der Waals surface area contributed by atoms with Crippen LogP contribution in [0, 0.1) is 0 Å². The normalized spacial score (nSPS) is 14.5. The maximum Gasteiger partial charge on any atom is 0.247 e. The Kier molecular flexibility index (Phi) is 5.23. The van der Waals surface area contributed by atoms with Crippen molar-refractivity contribution < 1.29 is 13.9 Å². The minimum absolute atomic E-state index is 0.299. The number of rotatable bonds is 6. The highest BCUT2D eigenvalue weighted by Crippen LogP contribution is 2.23. The molecule has 1 fully saturated rings. The fraction of sp³-hybridized carbons (Fsp3) is 0.300. The van der Waals surface area contributed by atoms with Crippen molar-refractivity contribution in [2.45, 2.75) is 13.2 Å². The largest absolute Gasteiger partial charge is 0.418 e. The minimum atomic E-state index is 0.299. The van der Waals surface area contributed by atoms with E-state index in [0.29, 0.717) is 25.0 Å². The third kappa shape index (κ3) is 4.09. The topological polar surface area (TPSA) is 60.6 Å². The molecule has 1 aliphatic heterocycles. The highest BCUT2D eigenvalue weighted by Gasteiger charge is 2.13. The van der Waals surface area contributed by atoms with Gasteiger partial charge >= 0.3 is 0 Å². The smallest absolute Gasteiger partial charge is 0.247 e. The van der Waals surface area contributed by atoms with Crippen LogP contribution in [0.2, 0.25) is 0 Å². The molecule has 134 valence electrons. The van der Waals surface area contributed by atoms with Gasteiger partial charge in [-0.05, 0) is 29.8 Å². The zero-order chi connectivity index (χ0) is 17.6. The van der Waals surface area contributed by atoms with E-state index in [0.717, 1.165) is 37.4 Å². The van der Waals surface area contributed by atoms with Gasteiger partial charge in [-0.2, -0.15) is 0 Å². The van der Waals surface area contributed by atoms with Crippen LogP contribution >= 0.6 is 0 Å². The van der Waals surface area contributed by atoms with Crippen molar-refractivity contribution in [1.82, 2.24) is 10.2 Å². The van der Waals surface area contributed by atoms with Crippen LogP contribution in [-0.4, -0.2) is 36.5 Å². The molecule has 0 radical (unpaired) electrons. The lowest BCUT2D eigenvalue weighted by atomic mass is 10.2. The Morgan fingerprint density at radius 3 is 2.42 bits per heavy atom. The van der Waals surface area contributed by atoms with Crippen LogP contribution in [0.3, 0.4) is 0 Å². The standard InChI is InChI=1S/C20H21N3O3/c1-2-4-16(5-3-1)14-25-15-19-21-22-20(26-19)17-6-8-18(9-7-17)23-10-12-24-13-11-23/h1-9H,10-15H2. The Bertz CT molecular complexity index is 812. The van der Waals surface area contributed by atoms with Gasteiger partial charge in [0.15, 0.2) is 0 Å². The van der Waals surface area contributed by atoms with Gasteiger partial charge in [-0.1, -0.05) is 30.3 Å². The molecule has 0 bridgehead atoms. The highest BCUT2D eigenvalue weighted by atomic mass is 16.5. The number of hydrogen-bond donors (Lipinski definition) is 0. The summed E-state index contributed by atoms with van der Waals surface area (Å²) in [5.74, 6) is 0.991. The van der Waals surface area contributed by atoms with Crippen molar-refractivity contribution in [3.05, 3.63) is 66.1 Å². The molecule has 26 heavy (non-hydrogen) atoms. The first kappa shape index (κ1) is 16.8. The van der Waals surface area contributed by atoms with Crippen LogP contribution in [0.4, 0.5) is 5.69 Å². The number of aromatic nitrogens is 2. The molecule has 0 spiro atoms. The fourth-order valence-corrected chi connectivity index (χ4v) is 2.90. The van der Waals surface area contributed by atoms with Crippen molar-refractivity contribution in [2.24, 2.45) is 0 Å². The Morgan fingerprint density at radius 1 is 0.885 bits per heavy atom. The number of anilines is 1. The number of morpholine rings is 1. The summed E-state index contributed by atoms with van der Waals surface area (Å²) in [6.45, 7) is 4.21. The van der Waals surface area contributed by atoms with E-state index < -0.39 is 0 Å². The summed E-state index contributed by atoms with van der Waals surface area (Å²) in [6.07, 6.45) is 0. The van der Waals surface area contributed by atoms with E-state index in [4.69, 9.17) is 13.9 Å². The quantitative estimate of drug-likeness (QED) is 0.679. The molecular weight excluding hydrogens is 330 g/mol. The molecule has 6 nitrogen and oxygen atoms in total. The van der Waals surface area contributed by atoms with Gasteiger partial charge in [-0.3, -0.25) is 0 Å². The fourth-order valence-electron chi connectivity index (χ4n) is 2.90. The van der Waals surface area contributed by atoms with Gasteiger partial charge in [0.05, 0.1) is 19.8 Å². The van der Waals surface area contributed by atoms with Crippen LogP contribution in [0.1, 0.15) is 11.5 Å². The summed E-state index contributed by atoms with van der Waals surface area (Å²) in [7, 11) is 0. The number of nitrogens with zero attached hydrogens (tertiary/aromatic N) is 3. The lowest BCUT2D eigenvalue weighted by Gasteiger charge is -2.28. The minimum Gasteiger partial charge on any atom is -0.418 e. The first-order valence-electron chi connectivity index (χ1n) is 8.76. The lowest BCUT2D eigenvalue weighted by Crippen LogP contribution is -2.36. The summed E-state index contributed by atoms with van der Waals surface area (Å²) in [5.41, 5.74) is 3.21. The van der Waals surface area contributed by atoms with Crippen LogP contribution in [-0.2, 0) is 22.7 Å². The number of hydrogen-bond acceptors (Lipinski definition) is 6. The predicted octanol–water partition coefficient (Wildman–Crippen LogP) is 3.29. The SMILES string of the molecule is c1ccc(COCc2nnc(-c3ccc(N4CCOCC4)cc3)o2)cc1. The third-order valence-electron chi connectivity index (χ3n) is 4.29. The molecule has 0 unspecified atom stereocenters. The van der Waals surface area contributed by atoms with E-state index in [1.54, 1.807) is 0 Å². The van der Waals surface area contributed by atoms with Gasteiger partial charge < -0.3 is 18.8 Å². The summed E-state index contributed by atoms with van der Waals surface area (Å²) in [5, 5.41) is 8.19. The number of benzene rings is 2. The van der Waals surface area contributed by atoms with E-state index in [-0.39, 0.29) is 0 Å². The van der Waals surface area contributed by atoms with Crippen LogP contribution in [0.25, 0.3) is 11.5 Å². The molecule has 0 N–H and O–H groups in total. The molecule has 6 heteroatoms. The first-order chi connectivity index (χ1) is 12.9. The predicted molar refractivity (Wildman–Crippen MR) is 97.7 cm³/mol. The monoisotopic (exact) mass is 351 g/mol. The van der Waals surface area contributed by atoms with Gasteiger partial charge in [0, 0.05) is 24.3 Å². The average molecular weight is 351 g/mol. The molecule has 0 amide bonds. The zero-order valence-electron chi connectivity index (χ0n) is 14.5. The van der Waals surface area contributed by atoms with Crippen molar-refractivity contribution in [2.75, 3.05) is 31.2 Å². The average Bonchev–Trinajstić information content (AvgIpc) is 3.19. The summed E-state index contributed by atoms with van der Waals surface area (Å²) in [6, 6.07) is 18.2. The second-order valence-electron chi connectivity index (χ2n) is 6.13. The van der Waals surface area contributed by atoms with Crippen molar-refractivity contribution in [3.63, 3.8) is 0 Å². The molecule has 0 atom stereocenters. The van der Waals surface area contributed by atoms with Gasteiger partial charge in [0.25, 0.3) is 0 Å². The second kappa shape index (κ2) is 8.12. The van der Waals surface area contributed by atoms with Crippen molar-refractivity contribution >= 4 is 5.69 Å². The van der Waals surface area contributed by atoms with E-state index >= 15 is 0 Å². The van der Waals surface area contributed by atoms with E-state index in [2.05, 4.69) is 27.2 Å². The maximum atomic E-state index is 5.71. The molecule has 2 heterocycles. The molecule has 4 rings (SSSR count). The Labute approximate surface area is 152 Å². The van der Waals surface area contributed by atoms with Crippen LogP contribution in [0.5, 0.6) is 0 Å². The molecule has 0 aliphatic carbocycles. The van der Waals surface area contributed by atoms with Crippen LogP contribution < -0.4 is 4.90 Å². The summed E-state index contributed by atoms with van der Waals surface area (Å²) < 4.78 is 16.7.